The molecule has 2 N–H and O–H groups in total. The van der Waals surface area contributed by atoms with E-state index in [9.17, 15) is 27.9 Å². The van der Waals surface area contributed by atoms with Gasteiger partial charge in [0.05, 0.1) is 12.2 Å². The summed E-state index contributed by atoms with van der Waals surface area (Å²) in [7, 11) is 0. The third-order valence-corrected chi connectivity index (χ3v) is 9.68. The van der Waals surface area contributed by atoms with E-state index in [1.165, 1.54) is 0 Å². The molecule has 0 spiro atoms. The Morgan fingerprint density at radius 2 is 2.00 bits per heavy atom. The number of carboxylic acid groups (broad SMARTS) is 1. The number of hydrogen-bond donors (Lipinski definition) is 2. The maximum atomic E-state index is 14.3. The predicted octanol–water partition coefficient (Wildman–Crippen LogP) is 5.39. The molecule has 1 saturated heterocycles. The number of benzene rings is 1. The van der Waals surface area contributed by atoms with Gasteiger partial charge in [-0.2, -0.15) is 13.2 Å². The number of amides is 1. The van der Waals surface area contributed by atoms with Gasteiger partial charge in [0.1, 0.15) is 11.3 Å². The number of carbonyl (C=O) groups is 2. The Kier molecular flexibility index (Phi) is 7.99. The number of halogens is 3. The van der Waals surface area contributed by atoms with Crippen LogP contribution in [0.3, 0.4) is 0 Å². The zero-order valence-electron chi connectivity index (χ0n) is 24.2. The normalized spacial score (nSPS) is 27.2. The van der Waals surface area contributed by atoms with Gasteiger partial charge >= 0.3 is 12.1 Å². The molecule has 1 aromatic heterocycles. The minimum atomic E-state index is -4.95. The summed E-state index contributed by atoms with van der Waals surface area (Å²) < 4.78 is 54.2. The van der Waals surface area contributed by atoms with E-state index in [1.807, 2.05) is 13.0 Å². The highest BCUT2D eigenvalue weighted by Crippen LogP contribution is 2.50. The highest BCUT2D eigenvalue weighted by Gasteiger charge is 2.56. The molecular formula is C31H37F3N4O5. The number of alkyl halides is 3. The lowest BCUT2D eigenvalue weighted by molar-refractivity contribution is -0.146. The van der Waals surface area contributed by atoms with Crippen molar-refractivity contribution >= 4 is 23.5 Å². The summed E-state index contributed by atoms with van der Waals surface area (Å²) in [6.45, 7) is 4.55. The van der Waals surface area contributed by atoms with Gasteiger partial charge in [-0.3, -0.25) is 4.79 Å². The first-order valence-corrected chi connectivity index (χ1v) is 15.1. The molecule has 2 aromatic rings. The van der Waals surface area contributed by atoms with Crippen LogP contribution in [0, 0.1) is 23.7 Å². The fourth-order valence-corrected chi connectivity index (χ4v) is 7.61. The Labute approximate surface area is 248 Å². The minimum Gasteiger partial charge on any atom is -0.494 e. The molecule has 2 saturated carbocycles. The first-order valence-electron chi connectivity index (χ1n) is 15.1. The second-order valence-corrected chi connectivity index (χ2v) is 12.6. The second-order valence-electron chi connectivity index (χ2n) is 12.6. The van der Waals surface area contributed by atoms with Crippen LogP contribution in [0.5, 0.6) is 5.75 Å². The van der Waals surface area contributed by atoms with Gasteiger partial charge in [-0.05, 0) is 98.8 Å². The Morgan fingerprint density at radius 3 is 2.74 bits per heavy atom. The zero-order chi connectivity index (χ0) is 30.4. The molecule has 1 aromatic carbocycles. The third-order valence-electron chi connectivity index (χ3n) is 9.68. The lowest BCUT2D eigenvalue weighted by Crippen LogP contribution is -2.57. The van der Waals surface area contributed by atoms with Crippen LogP contribution in [-0.4, -0.2) is 58.9 Å². The molecule has 3 fully saturated rings. The van der Waals surface area contributed by atoms with Crippen LogP contribution in [-0.2, 0) is 22.1 Å². The van der Waals surface area contributed by atoms with E-state index in [4.69, 9.17) is 9.47 Å². The van der Waals surface area contributed by atoms with Crippen LogP contribution in [0.25, 0.3) is 0 Å². The van der Waals surface area contributed by atoms with E-state index >= 15 is 0 Å². The third kappa shape index (κ3) is 5.90. The van der Waals surface area contributed by atoms with Gasteiger partial charge in [-0.15, -0.1) is 0 Å². The van der Waals surface area contributed by atoms with Crippen molar-refractivity contribution in [2.45, 2.75) is 70.0 Å². The fourth-order valence-electron chi connectivity index (χ4n) is 7.61. The van der Waals surface area contributed by atoms with Crippen LogP contribution in [0.15, 0.2) is 24.4 Å². The fraction of sp³-hybridized carbons (Fsp3) is 0.613. The number of nitrogens with zero attached hydrogens (tertiary/aromatic N) is 3. The maximum absolute atomic E-state index is 14.3. The van der Waals surface area contributed by atoms with E-state index in [0.717, 1.165) is 50.7 Å². The largest absolute Gasteiger partial charge is 0.494 e. The van der Waals surface area contributed by atoms with Gasteiger partial charge in [0.25, 0.3) is 5.91 Å². The van der Waals surface area contributed by atoms with E-state index in [2.05, 4.69) is 15.3 Å². The Morgan fingerprint density at radius 1 is 1.21 bits per heavy atom. The molecule has 2 aliphatic heterocycles. The van der Waals surface area contributed by atoms with Crippen molar-refractivity contribution in [2.75, 3.05) is 31.3 Å². The number of hydrogen-bond acceptors (Lipinski definition) is 7. The number of carbonyl (C=O) groups excluding carboxylic acids is 1. The van der Waals surface area contributed by atoms with Crippen LogP contribution >= 0.6 is 0 Å². The first kappa shape index (κ1) is 29.7. The van der Waals surface area contributed by atoms with Crippen molar-refractivity contribution in [3.63, 3.8) is 0 Å². The van der Waals surface area contributed by atoms with Crippen LogP contribution in [0.1, 0.15) is 73.5 Å². The Bertz CT molecular complexity index is 1380. The van der Waals surface area contributed by atoms with Crippen molar-refractivity contribution in [3.8, 4) is 5.75 Å². The van der Waals surface area contributed by atoms with Gasteiger partial charge in [-0.25, -0.2) is 14.8 Å². The second kappa shape index (κ2) is 11.6. The molecule has 2 bridgehead atoms. The number of nitrogens with one attached hydrogen (secondary N) is 1. The predicted molar refractivity (Wildman–Crippen MR) is 150 cm³/mol. The van der Waals surface area contributed by atoms with Gasteiger partial charge in [0, 0.05) is 31.6 Å². The van der Waals surface area contributed by atoms with Crippen molar-refractivity contribution in [1.82, 2.24) is 15.3 Å². The van der Waals surface area contributed by atoms with Gasteiger partial charge in [0.15, 0.2) is 5.69 Å². The summed E-state index contributed by atoms with van der Waals surface area (Å²) in [5.74, 6) is -1.16. The minimum absolute atomic E-state index is 0.110. The Balaban J connectivity index is 1.20. The van der Waals surface area contributed by atoms with Crippen molar-refractivity contribution in [2.24, 2.45) is 23.7 Å². The van der Waals surface area contributed by atoms with Crippen molar-refractivity contribution in [3.05, 3.63) is 41.2 Å². The summed E-state index contributed by atoms with van der Waals surface area (Å²) in [6, 6.07) is 5.48. The summed E-state index contributed by atoms with van der Waals surface area (Å²) in [6.07, 6.45) is 1.76. The first-order chi connectivity index (χ1) is 20.5. The number of anilines is 2. The summed E-state index contributed by atoms with van der Waals surface area (Å²) in [5.41, 5.74) is -2.18. The molecule has 232 valence electrons. The van der Waals surface area contributed by atoms with Gasteiger partial charge < -0.3 is 24.8 Å². The van der Waals surface area contributed by atoms with Gasteiger partial charge in [-0.1, -0.05) is 6.92 Å². The summed E-state index contributed by atoms with van der Waals surface area (Å²) in [5, 5.41) is 12.7. The lowest BCUT2D eigenvalue weighted by Gasteiger charge is -2.33. The average Bonchev–Trinajstić information content (AvgIpc) is 3.50. The lowest BCUT2D eigenvalue weighted by atomic mass is 9.78. The molecular weight excluding hydrogens is 565 g/mol. The quantitative estimate of drug-likeness (QED) is 0.413. The zero-order valence-corrected chi connectivity index (χ0v) is 24.2. The molecule has 1 amide bonds. The number of aromatic nitrogens is 2. The molecule has 0 radical (unpaired) electrons. The van der Waals surface area contributed by atoms with Crippen molar-refractivity contribution in [1.29, 1.82) is 0 Å². The van der Waals surface area contributed by atoms with Crippen molar-refractivity contribution < 1.29 is 37.3 Å². The molecule has 12 heteroatoms. The van der Waals surface area contributed by atoms with E-state index in [1.54, 1.807) is 17.0 Å². The molecule has 6 rings (SSSR count). The molecule has 4 unspecified atom stereocenters. The smallest absolute Gasteiger partial charge is 0.434 e. The highest BCUT2D eigenvalue weighted by atomic mass is 19.4. The highest BCUT2D eigenvalue weighted by molar-refractivity contribution is 5.99. The number of carboxylic acids is 1. The van der Waals surface area contributed by atoms with E-state index in [0.29, 0.717) is 55.7 Å². The number of ether oxygens (including phenoxy) is 2. The Hall–Kier alpha value is -3.41. The topological polar surface area (TPSA) is 114 Å². The number of rotatable bonds is 8. The summed E-state index contributed by atoms with van der Waals surface area (Å²) in [4.78, 5) is 35.3. The SMILES string of the molecule is CC1CC2CC(C1)C(NC(=O)c1cnc(N3CCc4cc(OCCC5CCOCC5)ccc43)nc1C(F)(F)F)(C(=O)O)C2. The standard InChI is InChI=1S/C31H37F3N4O5/c1-18-12-20-14-22(13-18)30(16-20,28(40)41)37-27(39)24-17-35-29(36-26(24)31(32,33)34)38-8-4-21-15-23(2-3-25(21)38)43-11-7-19-5-9-42-10-6-19/h2-3,15,17-20,22H,4-14,16H2,1H3,(H,37,39)(H,40,41). The van der Waals surface area contributed by atoms with Crippen LogP contribution in [0.4, 0.5) is 24.8 Å². The summed E-state index contributed by atoms with van der Waals surface area (Å²) >= 11 is 0. The molecule has 43 heavy (non-hydrogen) atoms. The average molecular weight is 603 g/mol. The maximum Gasteiger partial charge on any atom is 0.434 e. The van der Waals surface area contributed by atoms with Crippen LogP contribution in [0.2, 0.25) is 0 Å². The molecule has 3 heterocycles. The van der Waals surface area contributed by atoms with Gasteiger partial charge in [0.2, 0.25) is 5.95 Å². The van der Waals surface area contributed by atoms with Crippen LogP contribution < -0.4 is 15.0 Å². The van der Waals surface area contributed by atoms with E-state index in [-0.39, 0.29) is 24.2 Å². The monoisotopic (exact) mass is 602 g/mol. The molecule has 2 aliphatic carbocycles. The van der Waals surface area contributed by atoms with E-state index < -0.39 is 34.8 Å². The molecule has 4 aliphatic rings. The number of fused-ring (bicyclic) bond motifs is 3. The number of aliphatic carboxylic acids is 1. The molecule has 4 atom stereocenters. The molecule has 9 nitrogen and oxygen atoms in total.